The van der Waals surface area contributed by atoms with Crippen LogP contribution < -0.4 is 14.2 Å². The minimum atomic E-state index is -2.11. The number of pyridine rings is 1. The molecule has 11 heteroatoms. The maximum atomic E-state index is 17.4. The maximum absolute atomic E-state index is 17.4. The van der Waals surface area contributed by atoms with Gasteiger partial charge in [0.15, 0.2) is 12.6 Å². The third kappa shape index (κ3) is 7.59. The molecule has 294 valence electrons. The predicted molar refractivity (Wildman–Crippen MR) is 220 cm³/mol. The molecule has 0 amide bonds. The average Bonchev–Trinajstić information content (AvgIpc) is 3.71. The third-order valence-corrected chi connectivity index (χ3v) is 18.2. The molecule has 0 spiro atoms. The number of halogens is 2. The summed E-state index contributed by atoms with van der Waals surface area (Å²) in [5, 5.41) is 1.90. The zero-order valence-corrected chi connectivity index (χ0v) is 34.5. The van der Waals surface area contributed by atoms with Crippen molar-refractivity contribution in [3.8, 4) is 40.4 Å². The van der Waals surface area contributed by atoms with Gasteiger partial charge in [-0.3, -0.25) is 9.88 Å². The Balaban J connectivity index is 1.38. The molecule has 0 aliphatic carbocycles. The Labute approximate surface area is 330 Å². The van der Waals surface area contributed by atoms with E-state index in [1.165, 1.54) is 0 Å². The largest absolute Gasteiger partial charge is 0.472 e. The lowest BCUT2D eigenvalue weighted by Gasteiger charge is -2.38. The Bertz CT molecular complexity index is 2240. The van der Waals surface area contributed by atoms with E-state index in [1.807, 2.05) is 54.6 Å². The average molecular weight is 779 g/mol. The van der Waals surface area contributed by atoms with E-state index < -0.39 is 25.6 Å². The zero-order chi connectivity index (χ0) is 39.6. The Hall–Kier alpha value is -4.63. The first-order valence-corrected chi connectivity index (χ1v) is 22.0. The minimum Gasteiger partial charge on any atom is -0.472 e. The van der Waals surface area contributed by atoms with Crippen LogP contribution in [0.5, 0.6) is 17.6 Å². The van der Waals surface area contributed by atoms with E-state index in [9.17, 15) is 4.39 Å². The van der Waals surface area contributed by atoms with Gasteiger partial charge in [0.25, 0.3) is 0 Å². The lowest BCUT2D eigenvalue weighted by molar-refractivity contribution is 0.0512. The molecule has 4 heterocycles. The standard InChI is InChI=1S/C45H52F2N4O4Si/c1-29(2)56(30(3)4,31(5)6)20-17-33-15-11-16-34-21-36(55-28-52-7)22-37(39(33)34)41-40(47)42-38(24-48-41)43(53-26-32-13-9-8-10-14-32)50-44(49-42)54-27-45-18-12-19-51(45)25-35(46)23-45/h8-11,13-16,21-22,24,29-31,35H,12,18-19,23,25-28H2,1-7H3/t35-,45+/m1/s1. The van der Waals surface area contributed by atoms with Crippen molar-refractivity contribution in [3.63, 3.8) is 0 Å². The van der Waals surface area contributed by atoms with Crippen LogP contribution in [0, 0.1) is 17.3 Å². The Morgan fingerprint density at radius 3 is 2.45 bits per heavy atom. The molecule has 2 fully saturated rings. The molecule has 2 atom stereocenters. The molecule has 3 aromatic carbocycles. The van der Waals surface area contributed by atoms with Gasteiger partial charge in [0.05, 0.1) is 10.9 Å². The number of alkyl halides is 1. The number of rotatable bonds is 13. The van der Waals surface area contributed by atoms with Crippen molar-refractivity contribution in [1.82, 2.24) is 19.9 Å². The number of hydrogen-bond donors (Lipinski definition) is 0. The van der Waals surface area contributed by atoms with Crippen molar-refractivity contribution in [1.29, 1.82) is 0 Å². The summed E-state index contributed by atoms with van der Waals surface area (Å²) in [5.74, 6) is 3.60. The molecular weight excluding hydrogens is 727 g/mol. The molecule has 2 saturated heterocycles. The number of ether oxygens (including phenoxy) is 4. The van der Waals surface area contributed by atoms with Gasteiger partial charge in [0, 0.05) is 42.8 Å². The quantitative estimate of drug-likeness (QED) is 0.0664. The van der Waals surface area contributed by atoms with Crippen LogP contribution in [-0.2, 0) is 11.3 Å². The summed E-state index contributed by atoms with van der Waals surface area (Å²) in [6.45, 7) is 15.3. The smallest absolute Gasteiger partial charge is 0.320 e. The Kier molecular flexibility index (Phi) is 11.6. The molecule has 5 aromatic rings. The number of benzene rings is 3. The van der Waals surface area contributed by atoms with Crippen LogP contribution in [0.4, 0.5) is 8.78 Å². The second-order valence-electron chi connectivity index (χ2n) is 16.2. The number of methoxy groups -OCH3 is 1. The minimum absolute atomic E-state index is 0.00408. The maximum Gasteiger partial charge on any atom is 0.320 e. The molecule has 2 aromatic heterocycles. The first-order valence-electron chi connectivity index (χ1n) is 19.7. The van der Waals surface area contributed by atoms with Crippen LogP contribution >= 0.6 is 0 Å². The highest BCUT2D eigenvalue weighted by atomic mass is 28.3. The van der Waals surface area contributed by atoms with Crippen molar-refractivity contribution < 1.29 is 27.7 Å². The molecule has 56 heavy (non-hydrogen) atoms. The normalized spacial score (nSPS) is 18.5. The van der Waals surface area contributed by atoms with Gasteiger partial charge in [0.1, 0.15) is 44.4 Å². The molecule has 0 unspecified atom stereocenters. The van der Waals surface area contributed by atoms with Crippen molar-refractivity contribution >= 4 is 29.7 Å². The van der Waals surface area contributed by atoms with E-state index >= 15 is 4.39 Å². The van der Waals surface area contributed by atoms with Gasteiger partial charge in [-0.15, -0.1) is 5.54 Å². The number of nitrogens with zero attached hydrogens (tertiary/aromatic N) is 4. The first kappa shape index (κ1) is 39.6. The highest BCUT2D eigenvalue weighted by Crippen LogP contribution is 2.43. The fourth-order valence-electron chi connectivity index (χ4n) is 9.26. The van der Waals surface area contributed by atoms with E-state index in [1.54, 1.807) is 19.4 Å². The molecular formula is C45H52F2N4O4Si. The zero-order valence-electron chi connectivity index (χ0n) is 33.5. The molecule has 8 nitrogen and oxygen atoms in total. The van der Waals surface area contributed by atoms with Crippen LogP contribution in [0.15, 0.2) is 66.9 Å². The van der Waals surface area contributed by atoms with E-state index in [-0.39, 0.29) is 43.1 Å². The van der Waals surface area contributed by atoms with Gasteiger partial charge in [-0.2, -0.15) is 9.97 Å². The Morgan fingerprint density at radius 1 is 0.946 bits per heavy atom. The lowest BCUT2D eigenvalue weighted by atomic mass is 9.95. The molecule has 0 radical (unpaired) electrons. The van der Waals surface area contributed by atoms with Gasteiger partial charge in [-0.05, 0) is 65.2 Å². The van der Waals surface area contributed by atoms with Gasteiger partial charge in [-0.25, -0.2) is 8.78 Å². The van der Waals surface area contributed by atoms with Crippen molar-refractivity contribution in [3.05, 3.63) is 83.8 Å². The van der Waals surface area contributed by atoms with E-state index in [4.69, 9.17) is 23.9 Å². The van der Waals surface area contributed by atoms with Gasteiger partial charge in [-0.1, -0.05) is 89.9 Å². The SMILES string of the molecule is COCOc1cc(-c2ncc3c(OCc4ccccc4)nc(OC[C@@]45CCCN4C[C@H](F)C5)nc3c2F)c2c(C#C[Si](C(C)C)(C(C)C)C(C)C)cccc2c1. The van der Waals surface area contributed by atoms with Crippen LogP contribution in [0.2, 0.25) is 16.6 Å². The molecule has 0 saturated carbocycles. The van der Waals surface area contributed by atoms with Gasteiger partial charge < -0.3 is 18.9 Å². The third-order valence-electron chi connectivity index (χ3n) is 11.9. The van der Waals surface area contributed by atoms with Gasteiger partial charge in [0.2, 0.25) is 5.88 Å². The fraction of sp³-hybridized carbons (Fsp3) is 0.444. The summed E-state index contributed by atoms with van der Waals surface area (Å²) in [6, 6.07) is 19.3. The predicted octanol–water partition coefficient (Wildman–Crippen LogP) is 10.1. The number of aromatic nitrogens is 3. The second kappa shape index (κ2) is 16.5. The molecule has 7 rings (SSSR count). The summed E-state index contributed by atoms with van der Waals surface area (Å²) in [6.07, 6.45) is 2.80. The van der Waals surface area contributed by atoms with E-state index in [2.05, 4.69) is 67.9 Å². The van der Waals surface area contributed by atoms with E-state index in [0.717, 1.165) is 41.3 Å². The molecule has 2 aliphatic heterocycles. The monoisotopic (exact) mass is 778 g/mol. The highest BCUT2D eigenvalue weighted by Gasteiger charge is 2.49. The van der Waals surface area contributed by atoms with Crippen LogP contribution in [0.25, 0.3) is 32.9 Å². The highest BCUT2D eigenvalue weighted by molar-refractivity contribution is 6.90. The Morgan fingerprint density at radius 2 is 1.71 bits per heavy atom. The first-order chi connectivity index (χ1) is 27.0. The van der Waals surface area contributed by atoms with Crippen molar-refractivity contribution in [2.75, 3.05) is 33.6 Å². The molecule has 2 aliphatic rings. The fourth-order valence-corrected chi connectivity index (χ4v) is 14.5. The summed E-state index contributed by atoms with van der Waals surface area (Å²) in [7, 11) is -0.553. The molecule has 0 bridgehead atoms. The van der Waals surface area contributed by atoms with Crippen molar-refractivity contribution in [2.45, 2.75) is 95.7 Å². The van der Waals surface area contributed by atoms with Crippen LogP contribution in [-0.4, -0.2) is 73.2 Å². The summed E-state index contributed by atoms with van der Waals surface area (Å²) in [5.41, 5.74) is 7.03. The number of hydrogen-bond acceptors (Lipinski definition) is 8. The van der Waals surface area contributed by atoms with E-state index in [0.29, 0.717) is 46.3 Å². The van der Waals surface area contributed by atoms with Crippen LogP contribution in [0.3, 0.4) is 0 Å². The lowest BCUT2D eigenvalue weighted by Crippen LogP contribution is -2.43. The van der Waals surface area contributed by atoms with Crippen LogP contribution in [0.1, 0.15) is 71.9 Å². The summed E-state index contributed by atoms with van der Waals surface area (Å²) in [4.78, 5) is 16.2. The topological polar surface area (TPSA) is 78.8 Å². The molecule has 0 N–H and O–H groups in total. The van der Waals surface area contributed by atoms with Crippen molar-refractivity contribution in [2.24, 2.45) is 0 Å². The van der Waals surface area contributed by atoms with Gasteiger partial charge >= 0.3 is 6.01 Å². The summed E-state index contributed by atoms with van der Waals surface area (Å²) >= 11 is 0. The second-order valence-corrected chi connectivity index (χ2v) is 21.8. The summed E-state index contributed by atoms with van der Waals surface area (Å²) < 4.78 is 55.7. The number of fused-ring (bicyclic) bond motifs is 3.